The Morgan fingerprint density at radius 3 is 3.00 bits per heavy atom. The highest BCUT2D eigenvalue weighted by atomic mass is 16.7. The fraction of sp³-hybridized carbons (Fsp3) is 0.333. The van der Waals surface area contributed by atoms with Gasteiger partial charge in [-0.05, 0) is 18.2 Å². The number of methoxy groups -OCH3 is 1. The zero-order chi connectivity index (χ0) is 11.2. The van der Waals surface area contributed by atoms with Gasteiger partial charge < -0.3 is 19.2 Å². The van der Waals surface area contributed by atoms with Gasteiger partial charge in [-0.3, -0.25) is 0 Å². The minimum Gasteiger partial charge on any atom is -0.467 e. The summed E-state index contributed by atoms with van der Waals surface area (Å²) in [6.45, 7) is 1.37. The molecular formula is C12H15NO3. The molecule has 0 atom stereocenters. The molecule has 0 unspecified atom stereocenters. The van der Waals surface area contributed by atoms with Crippen molar-refractivity contribution < 1.29 is 14.2 Å². The second-order valence-corrected chi connectivity index (χ2v) is 3.36. The molecule has 0 saturated heterocycles. The van der Waals surface area contributed by atoms with Crippen LogP contribution in [0.15, 0.2) is 30.5 Å². The molecule has 0 spiro atoms. The third-order valence-corrected chi connectivity index (χ3v) is 2.28. The molecule has 1 aromatic heterocycles. The van der Waals surface area contributed by atoms with E-state index < -0.39 is 0 Å². The molecule has 0 fully saturated rings. The van der Waals surface area contributed by atoms with Gasteiger partial charge >= 0.3 is 0 Å². The molecule has 2 aromatic rings. The number of aromatic nitrogens is 1. The summed E-state index contributed by atoms with van der Waals surface area (Å²) in [5, 5.41) is 1.07. The molecule has 0 radical (unpaired) electrons. The van der Waals surface area contributed by atoms with E-state index in [1.165, 1.54) is 0 Å². The molecule has 16 heavy (non-hydrogen) atoms. The van der Waals surface area contributed by atoms with Gasteiger partial charge in [-0.15, -0.1) is 0 Å². The second-order valence-electron chi connectivity index (χ2n) is 3.36. The van der Waals surface area contributed by atoms with Gasteiger partial charge in [0, 0.05) is 24.2 Å². The van der Waals surface area contributed by atoms with Crippen LogP contribution >= 0.6 is 0 Å². The summed E-state index contributed by atoms with van der Waals surface area (Å²) in [4.78, 5) is 3.13. The molecular weight excluding hydrogens is 206 g/mol. The summed E-state index contributed by atoms with van der Waals surface area (Å²) in [6, 6.07) is 7.87. The first kappa shape index (κ1) is 11.0. The van der Waals surface area contributed by atoms with Crippen molar-refractivity contribution in [2.24, 2.45) is 0 Å². The topological polar surface area (TPSA) is 43.5 Å². The number of aromatic amines is 1. The van der Waals surface area contributed by atoms with Gasteiger partial charge in [0.15, 0.2) is 6.79 Å². The number of benzene rings is 1. The van der Waals surface area contributed by atoms with Crippen molar-refractivity contribution >= 4 is 10.9 Å². The van der Waals surface area contributed by atoms with Crippen LogP contribution in [0.25, 0.3) is 10.9 Å². The number of H-pyrrole nitrogens is 1. The van der Waals surface area contributed by atoms with E-state index in [9.17, 15) is 0 Å². The van der Waals surface area contributed by atoms with E-state index in [0.717, 1.165) is 16.7 Å². The smallest absolute Gasteiger partial charge is 0.189 e. The van der Waals surface area contributed by atoms with Gasteiger partial charge in [0.25, 0.3) is 0 Å². The highest BCUT2D eigenvalue weighted by molar-refractivity contribution is 5.85. The van der Waals surface area contributed by atoms with Gasteiger partial charge in [-0.2, -0.15) is 0 Å². The molecule has 0 bridgehead atoms. The lowest BCUT2D eigenvalue weighted by Gasteiger charge is -2.07. The Balaban J connectivity index is 1.91. The normalized spacial score (nSPS) is 10.8. The van der Waals surface area contributed by atoms with E-state index in [0.29, 0.717) is 13.2 Å². The van der Waals surface area contributed by atoms with Crippen LogP contribution in [-0.2, 0) is 9.47 Å². The fourth-order valence-electron chi connectivity index (χ4n) is 1.49. The van der Waals surface area contributed by atoms with Crippen LogP contribution in [0.5, 0.6) is 5.75 Å². The first-order valence-corrected chi connectivity index (χ1v) is 5.17. The third kappa shape index (κ3) is 2.53. The predicted octanol–water partition coefficient (Wildman–Crippen LogP) is 2.17. The molecule has 1 N–H and O–H groups in total. The van der Waals surface area contributed by atoms with Gasteiger partial charge in [0.1, 0.15) is 5.75 Å². The Bertz CT molecular complexity index is 439. The standard InChI is InChI=1S/C12H15NO3/c1-14-7-8-15-9-16-12-4-2-3-11-10(12)5-6-13-11/h2-6,13H,7-9H2,1H3. The number of hydrogen-bond donors (Lipinski definition) is 1. The van der Waals surface area contributed by atoms with Crippen molar-refractivity contribution in [3.8, 4) is 5.75 Å². The van der Waals surface area contributed by atoms with Crippen molar-refractivity contribution in [1.82, 2.24) is 4.98 Å². The Morgan fingerprint density at radius 2 is 2.12 bits per heavy atom. The van der Waals surface area contributed by atoms with E-state index in [1.54, 1.807) is 7.11 Å². The Morgan fingerprint density at radius 1 is 1.19 bits per heavy atom. The molecule has 0 aliphatic heterocycles. The van der Waals surface area contributed by atoms with E-state index in [4.69, 9.17) is 14.2 Å². The first-order valence-electron chi connectivity index (χ1n) is 5.17. The molecule has 1 heterocycles. The quantitative estimate of drug-likeness (QED) is 0.600. The number of nitrogens with one attached hydrogen (secondary N) is 1. The fourth-order valence-corrected chi connectivity index (χ4v) is 1.49. The number of ether oxygens (including phenoxy) is 3. The number of hydrogen-bond acceptors (Lipinski definition) is 3. The SMILES string of the molecule is COCCOCOc1cccc2[nH]ccc12. The zero-order valence-electron chi connectivity index (χ0n) is 9.23. The van der Waals surface area contributed by atoms with Gasteiger partial charge in [0.2, 0.25) is 0 Å². The molecule has 0 amide bonds. The van der Waals surface area contributed by atoms with Crippen molar-refractivity contribution in [3.05, 3.63) is 30.5 Å². The lowest BCUT2D eigenvalue weighted by atomic mass is 10.2. The highest BCUT2D eigenvalue weighted by Crippen LogP contribution is 2.24. The summed E-state index contributed by atoms with van der Waals surface area (Å²) in [6.07, 6.45) is 1.89. The summed E-state index contributed by atoms with van der Waals surface area (Å²) in [7, 11) is 1.64. The van der Waals surface area contributed by atoms with Gasteiger partial charge in [0.05, 0.1) is 13.2 Å². The molecule has 2 rings (SSSR count). The van der Waals surface area contributed by atoms with E-state index in [-0.39, 0.29) is 6.79 Å². The molecule has 0 saturated carbocycles. The van der Waals surface area contributed by atoms with E-state index >= 15 is 0 Å². The number of rotatable bonds is 6. The van der Waals surface area contributed by atoms with Crippen LogP contribution in [0.1, 0.15) is 0 Å². The first-order chi connectivity index (χ1) is 7.92. The molecule has 0 aliphatic rings. The van der Waals surface area contributed by atoms with E-state index in [1.807, 2.05) is 30.5 Å². The van der Waals surface area contributed by atoms with Crippen LogP contribution in [-0.4, -0.2) is 32.1 Å². The number of fused-ring (bicyclic) bond motifs is 1. The monoisotopic (exact) mass is 221 g/mol. The van der Waals surface area contributed by atoms with Gasteiger partial charge in [-0.1, -0.05) is 6.07 Å². The average molecular weight is 221 g/mol. The van der Waals surface area contributed by atoms with Gasteiger partial charge in [-0.25, -0.2) is 0 Å². The summed E-state index contributed by atoms with van der Waals surface area (Å²) < 4.78 is 15.6. The lowest BCUT2D eigenvalue weighted by Crippen LogP contribution is -2.07. The molecule has 86 valence electrons. The molecule has 4 nitrogen and oxygen atoms in total. The Hall–Kier alpha value is -1.52. The van der Waals surface area contributed by atoms with Crippen LogP contribution in [0.2, 0.25) is 0 Å². The van der Waals surface area contributed by atoms with E-state index in [2.05, 4.69) is 4.98 Å². The third-order valence-electron chi connectivity index (χ3n) is 2.28. The summed E-state index contributed by atoms with van der Waals surface area (Å²) >= 11 is 0. The molecule has 4 heteroatoms. The van der Waals surface area contributed by atoms with Crippen molar-refractivity contribution in [3.63, 3.8) is 0 Å². The summed E-state index contributed by atoms with van der Waals surface area (Å²) in [5.41, 5.74) is 1.06. The van der Waals surface area contributed by atoms with Crippen molar-refractivity contribution in [2.75, 3.05) is 27.1 Å². The Kier molecular flexibility index (Phi) is 3.80. The van der Waals surface area contributed by atoms with Crippen LogP contribution < -0.4 is 4.74 Å². The highest BCUT2D eigenvalue weighted by Gasteiger charge is 2.01. The van der Waals surface area contributed by atoms with Crippen molar-refractivity contribution in [1.29, 1.82) is 0 Å². The van der Waals surface area contributed by atoms with Crippen molar-refractivity contribution in [2.45, 2.75) is 0 Å². The maximum absolute atomic E-state index is 5.53. The largest absolute Gasteiger partial charge is 0.467 e. The van der Waals surface area contributed by atoms with Crippen LogP contribution in [0, 0.1) is 0 Å². The van der Waals surface area contributed by atoms with Crippen LogP contribution in [0.4, 0.5) is 0 Å². The minimum absolute atomic E-state index is 0.244. The Labute approximate surface area is 94.1 Å². The maximum Gasteiger partial charge on any atom is 0.189 e. The maximum atomic E-state index is 5.53. The molecule has 1 aromatic carbocycles. The second kappa shape index (κ2) is 5.53. The average Bonchev–Trinajstić information content (AvgIpc) is 2.77. The predicted molar refractivity (Wildman–Crippen MR) is 61.6 cm³/mol. The van der Waals surface area contributed by atoms with Crippen LogP contribution in [0.3, 0.4) is 0 Å². The minimum atomic E-state index is 0.244. The summed E-state index contributed by atoms with van der Waals surface area (Å²) in [5.74, 6) is 0.830. The molecule has 0 aliphatic carbocycles. The zero-order valence-corrected chi connectivity index (χ0v) is 9.23. The lowest BCUT2D eigenvalue weighted by molar-refractivity contribution is -0.00779.